The quantitative estimate of drug-likeness (QED) is 0.864. The highest BCUT2D eigenvalue weighted by atomic mass is 32.2. The Morgan fingerprint density at radius 1 is 1.00 bits per heavy atom. The molecule has 0 radical (unpaired) electrons. The summed E-state index contributed by atoms with van der Waals surface area (Å²) in [5, 5.41) is 0. The minimum absolute atomic E-state index is 0.0764. The van der Waals surface area contributed by atoms with Gasteiger partial charge in [0.15, 0.2) is 0 Å². The fraction of sp³-hybridized carbons (Fsp3) is 0.333. The summed E-state index contributed by atoms with van der Waals surface area (Å²) in [5.74, 6) is 0.322. The summed E-state index contributed by atoms with van der Waals surface area (Å²) in [6.07, 6.45) is 0.894. The van der Waals surface area contributed by atoms with Gasteiger partial charge in [-0.25, -0.2) is 8.42 Å². The van der Waals surface area contributed by atoms with Crippen molar-refractivity contribution in [2.75, 3.05) is 6.54 Å². The van der Waals surface area contributed by atoms with Crippen molar-refractivity contribution in [2.45, 2.75) is 31.2 Å². The molecule has 3 rings (SSSR count). The van der Waals surface area contributed by atoms with E-state index < -0.39 is 10.0 Å². The van der Waals surface area contributed by atoms with Crippen LogP contribution in [-0.4, -0.2) is 19.3 Å². The SMILES string of the molecule is Cc1ccc(S(=O)(=O)N2CCC(C)C2c2ccccc2)cc1. The number of sulfonamides is 1. The highest BCUT2D eigenvalue weighted by molar-refractivity contribution is 7.89. The van der Waals surface area contributed by atoms with E-state index in [0.717, 1.165) is 17.5 Å². The zero-order valence-electron chi connectivity index (χ0n) is 12.9. The predicted octanol–water partition coefficient (Wildman–Crippen LogP) is 3.77. The molecule has 0 aliphatic carbocycles. The maximum atomic E-state index is 13.0. The van der Waals surface area contributed by atoms with Crippen molar-refractivity contribution in [3.63, 3.8) is 0 Å². The highest BCUT2D eigenvalue weighted by Gasteiger charge is 2.40. The number of nitrogens with zero attached hydrogens (tertiary/aromatic N) is 1. The van der Waals surface area contributed by atoms with Gasteiger partial charge in [0.1, 0.15) is 0 Å². The lowest BCUT2D eigenvalue weighted by molar-refractivity contribution is 0.357. The Hall–Kier alpha value is -1.65. The van der Waals surface area contributed by atoms with Crippen LogP contribution in [0.4, 0.5) is 0 Å². The maximum Gasteiger partial charge on any atom is 0.243 e. The van der Waals surface area contributed by atoms with Crippen molar-refractivity contribution in [1.82, 2.24) is 4.31 Å². The first-order chi connectivity index (χ1) is 10.5. The molecule has 2 aromatic rings. The molecule has 4 heteroatoms. The van der Waals surface area contributed by atoms with Gasteiger partial charge in [-0.2, -0.15) is 4.31 Å². The first kappa shape index (κ1) is 15.3. The van der Waals surface area contributed by atoms with Crippen molar-refractivity contribution >= 4 is 10.0 Å². The summed E-state index contributed by atoms with van der Waals surface area (Å²) in [6, 6.07) is 17.0. The number of hydrogen-bond donors (Lipinski definition) is 0. The molecule has 1 aliphatic heterocycles. The second-order valence-corrected chi connectivity index (χ2v) is 7.94. The monoisotopic (exact) mass is 315 g/mol. The van der Waals surface area contributed by atoms with Crippen molar-refractivity contribution in [3.8, 4) is 0 Å². The molecular weight excluding hydrogens is 294 g/mol. The summed E-state index contributed by atoms with van der Waals surface area (Å²) in [7, 11) is -3.45. The van der Waals surface area contributed by atoms with Gasteiger partial charge in [0, 0.05) is 6.54 Å². The minimum Gasteiger partial charge on any atom is -0.207 e. The predicted molar refractivity (Wildman–Crippen MR) is 88.0 cm³/mol. The van der Waals surface area contributed by atoms with E-state index in [2.05, 4.69) is 6.92 Å². The lowest BCUT2D eigenvalue weighted by Crippen LogP contribution is -2.31. The molecule has 0 saturated carbocycles. The average molecular weight is 315 g/mol. The second kappa shape index (κ2) is 5.86. The Morgan fingerprint density at radius 2 is 1.64 bits per heavy atom. The van der Waals surface area contributed by atoms with E-state index in [1.54, 1.807) is 16.4 Å². The molecular formula is C18H21NO2S. The second-order valence-electron chi connectivity index (χ2n) is 6.05. The first-order valence-corrected chi connectivity index (χ1v) is 9.07. The van der Waals surface area contributed by atoms with Crippen LogP contribution in [0, 0.1) is 12.8 Å². The number of aryl methyl sites for hydroxylation is 1. The van der Waals surface area contributed by atoms with E-state index >= 15 is 0 Å². The third-order valence-corrected chi connectivity index (χ3v) is 6.32. The van der Waals surface area contributed by atoms with Crippen molar-refractivity contribution in [1.29, 1.82) is 0 Å². The summed E-state index contributed by atoms with van der Waals surface area (Å²) in [6.45, 7) is 4.67. The van der Waals surface area contributed by atoms with Gasteiger partial charge >= 0.3 is 0 Å². The Labute approximate surface area is 132 Å². The Morgan fingerprint density at radius 3 is 2.27 bits per heavy atom. The zero-order valence-corrected chi connectivity index (χ0v) is 13.8. The Bertz CT molecular complexity index is 738. The number of hydrogen-bond acceptors (Lipinski definition) is 2. The van der Waals surface area contributed by atoms with E-state index in [9.17, 15) is 8.42 Å². The molecule has 2 aromatic carbocycles. The van der Waals surface area contributed by atoms with E-state index in [1.807, 2.05) is 49.4 Å². The number of benzene rings is 2. The number of rotatable bonds is 3. The van der Waals surface area contributed by atoms with Gasteiger partial charge in [-0.15, -0.1) is 0 Å². The molecule has 0 aromatic heterocycles. The molecule has 2 unspecified atom stereocenters. The third kappa shape index (κ3) is 2.69. The van der Waals surface area contributed by atoms with Gasteiger partial charge in [0.2, 0.25) is 10.0 Å². The largest absolute Gasteiger partial charge is 0.243 e. The molecule has 22 heavy (non-hydrogen) atoms. The van der Waals surface area contributed by atoms with E-state index in [0.29, 0.717) is 17.4 Å². The normalized spacial score (nSPS) is 22.8. The summed E-state index contributed by atoms with van der Waals surface area (Å²) in [4.78, 5) is 0.383. The summed E-state index contributed by atoms with van der Waals surface area (Å²) in [5.41, 5.74) is 2.14. The minimum atomic E-state index is -3.45. The molecule has 116 valence electrons. The Balaban J connectivity index is 2.00. The average Bonchev–Trinajstić information content (AvgIpc) is 2.91. The molecule has 0 bridgehead atoms. The fourth-order valence-corrected chi connectivity index (χ4v) is 4.90. The summed E-state index contributed by atoms with van der Waals surface area (Å²) >= 11 is 0. The van der Waals surface area contributed by atoms with Crippen LogP contribution in [-0.2, 0) is 10.0 Å². The fourth-order valence-electron chi connectivity index (χ4n) is 3.17. The van der Waals surface area contributed by atoms with E-state index in [-0.39, 0.29) is 6.04 Å². The van der Waals surface area contributed by atoms with Crippen LogP contribution in [0.5, 0.6) is 0 Å². The van der Waals surface area contributed by atoms with Gasteiger partial charge in [0.25, 0.3) is 0 Å². The van der Waals surface area contributed by atoms with Gasteiger partial charge in [-0.3, -0.25) is 0 Å². The van der Waals surface area contributed by atoms with Crippen LogP contribution < -0.4 is 0 Å². The van der Waals surface area contributed by atoms with Crippen LogP contribution in [0.1, 0.15) is 30.5 Å². The highest BCUT2D eigenvalue weighted by Crippen LogP contribution is 2.40. The molecule has 3 nitrogen and oxygen atoms in total. The molecule has 1 saturated heterocycles. The standard InChI is InChI=1S/C18H21NO2S/c1-14-8-10-17(11-9-14)22(20,21)19-13-12-15(2)18(19)16-6-4-3-5-7-16/h3-11,15,18H,12-13H2,1-2H3. The lowest BCUT2D eigenvalue weighted by Gasteiger charge is -2.27. The van der Waals surface area contributed by atoms with Crippen LogP contribution >= 0.6 is 0 Å². The van der Waals surface area contributed by atoms with E-state index in [1.165, 1.54) is 0 Å². The first-order valence-electron chi connectivity index (χ1n) is 7.63. The van der Waals surface area contributed by atoms with Crippen LogP contribution in [0.25, 0.3) is 0 Å². The zero-order chi connectivity index (χ0) is 15.7. The molecule has 0 spiro atoms. The maximum absolute atomic E-state index is 13.0. The Kier molecular flexibility index (Phi) is 4.06. The van der Waals surface area contributed by atoms with Gasteiger partial charge in [-0.05, 0) is 37.0 Å². The van der Waals surface area contributed by atoms with Gasteiger partial charge in [0.05, 0.1) is 10.9 Å². The van der Waals surface area contributed by atoms with Crippen molar-refractivity contribution in [3.05, 3.63) is 65.7 Å². The smallest absolute Gasteiger partial charge is 0.207 e. The molecule has 2 atom stereocenters. The topological polar surface area (TPSA) is 37.4 Å². The lowest BCUT2D eigenvalue weighted by atomic mass is 9.96. The molecule has 0 N–H and O–H groups in total. The van der Waals surface area contributed by atoms with Gasteiger partial charge in [-0.1, -0.05) is 55.0 Å². The van der Waals surface area contributed by atoms with Gasteiger partial charge < -0.3 is 0 Å². The molecule has 0 amide bonds. The van der Waals surface area contributed by atoms with Crippen LogP contribution in [0.3, 0.4) is 0 Å². The van der Waals surface area contributed by atoms with Crippen molar-refractivity contribution in [2.24, 2.45) is 5.92 Å². The molecule has 1 heterocycles. The molecule has 1 fully saturated rings. The van der Waals surface area contributed by atoms with Crippen molar-refractivity contribution < 1.29 is 8.42 Å². The summed E-state index contributed by atoms with van der Waals surface area (Å²) < 4.78 is 27.7. The molecule has 1 aliphatic rings. The van der Waals surface area contributed by atoms with Crippen LogP contribution in [0.2, 0.25) is 0 Å². The van der Waals surface area contributed by atoms with Crippen LogP contribution in [0.15, 0.2) is 59.5 Å². The van der Waals surface area contributed by atoms with E-state index in [4.69, 9.17) is 0 Å². The third-order valence-electron chi connectivity index (χ3n) is 4.42.